The van der Waals surface area contributed by atoms with Crippen molar-refractivity contribution in [2.75, 3.05) is 0 Å². The molecule has 4 heteroatoms. The number of fused-ring (bicyclic) bond motifs is 2. The molecule has 146 valence electrons. The van der Waals surface area contributed by atoms with Gasteiger partial charge in [-0.3, -0.25) is 4.79 Å². The molecular formula is C26H20BrN2O+. The van der Waals surface area contributed by atoms with Crippen LogP contribution >= 0.6 is 17.0 Å². The van der Waals surface area contributed by atoms with Gasteiger partial charge in [0.1, 0.15) is 0 Å². The molecule has 1 aromatic heterocycles. The van der Waals surface area contributed by atoms with Crippen LogP contribution in [0.25, 0.3) is 32.8 Å². The fourth-order valence-corrected chi connectivity index (χ4v) is 3.71. The highest BCUT2D eigenvalue weighted by Gasteiger charge is 2.13. The second-order valence-electron chi connectivity index (χ2n) is 7.13. The first kappa shape index (κ1) is 19.9. The van der Waals surface area contributed by atoms with Gasteiger partial charge >= 0.3 is 0 Å². The number of Topliss-reactive ketones (excluding diaryl/α,β-unsaturated/α-hetero) is 1. The standard InChI is InChI=1S/C26H19N2O.BrH/c29-26(22-13-12-19-6-1-2-8-21(19)16-22)17-28-15-14-25(27-18-28)24-11-5-9-20-7-3-4-10-23(20)24;/h1-16,18H,17H2;1H/q+1;. The predicted molar refractivity (Wildman–Crippen MR) is 126 cm³/mol. The molecule has 1 heterocycles. The van der Waals surface area contributed by atoms with Gasteiger partial charge in [-0.1, -0.05) is 72.8 Å². The van der Waals surface area contributed by atoms with Crippen LogP contribution in [0.1, 0.15) is 10.4 Å². The van der Waals surface area contributed by atoms with E-state index in [4.69, 9.17) is 0 Å². The Morgan fingerprint density at radius 1 is 0.767 bits per heavy atom. The average Bonchev–Trinajstić information content (AvgIpc) is 2.79. The number of benzene rings is 4. The van der Waals surface area contributed by atoms with E-state index in [0.717, 1.165) is 22.0 Å². The first-order chi connectivity index (χ1) is 14.3. The van der Waals surface area contributed by atoms with E-state index in [1.165, 1.54) is 10.8 Å². The Bertz CT molecular complexity index is 1340. The number of hydrogen-bond acceptors (Lipinski definition) is 2. The van der Waals surface area contributed by atoms with Gasteiger partial charge in [0.25, 0.3) is 6.33 Å². The van der Waals surface area contributed by atoms with Gasteiger partial charge in [-0.25, -0.2) is 4.57 Å². The third-order valence-corrected chi connectivity index (χ3v) is 5.23. The van der Waals surface area contributed by atoms with Crippen molar-refractivity contribution in [3.05, 3.63) is 109 Å². The molecule has 5 rings (SSSR count). The Kier molecular flexibility index (Phi) is 5.68. The Morgan fingerprint density at radius 2 is 1.50 bits per heavy atom. The highest BCUT2D eigenvalue weighted by Crippen LogP contribution is 2.26. The zero-order chi connectivity index (χ0) is 19.6. The second-order valence-corrected chi connectivity index (χ2v) is 7.13. The summed E-state index contributed by atoms with van der Waals surface area (Å²) in [6.45, 7) is 0.265. The van der Waals surface area contributed by atoms with Crippen LogP contribution in [0.4, 0.5) is 0 Å². The summed E-state index contributed by atoms with van der Waals surface area (Å²) in [6, 6.07) is 30.4. The molecule has 0 aliphatic rings. The van der Waals surface area contributed by atoms with Gasteiger partial charge < -0.3 is 0 Å². The van der Waals surface area contributed by atoms with Gasteiger partial charge in [0.05, 0.1) is 6.20 Å². The summed E-state index contributed by atoms with van der Waals surface area (Å²) in [7, 11) is 0. The highest BCUT2D eigenvalue weighted by atomic mass is 79.9. The zero-order valence-electron chi connectivity index (χ0n) is 16.2. The number of ketones is 1. The number of nitrogens with zero attached hydrogens (tertiary/aromatic N) is 2. The van der Waals surface area contributed by atoms with E-state index in [2.05, 4.69) is 29.2 Å². The van der Waals surface area contributed by atoms with Gasteiger partial charge in [0, 0.05) is 17.2 Å². The van der Waals surface area contributed by atoms with E-state index in [9.17, 15) is 4.79 Å². The van der Waals surface area contributed by atoms with Crippen molar-refractivity contribution in [3.63, 3.8) is 0 Å². The molecule has 0 saturated heterocycles. The van der Waals surface area contributed by atoms with E-state index in [1.807, 2.05) is 77.5 Å². The number of aromatic nitrogens is 2. The predicted octanol–water partition coefficient (Wildman–Crippen LogP) is 5.80. The van der Waals surface area contributed by atoms with E-state index < -0.39 is 0 Å². The SMILES string of the molecule is Br.O=C(C[n+]1ccc(-c2cccc3ccccc23)nc1)c1ccc2ccccc2c1. The topological polar surface area (TPSA) is 33.8 Å². The van der Waals surface area contributed by atoms with Crippen LogP contribution in [0.5, 0.6) is 0 Å². The number of rotatable bonds is 4. The molecule has 0 fully saturated rings. The number of halogens is 1. The minimum absolute atomic E-state index is 0. The van der Waals surface area contributed by atoms with Crippen molar-refractivity contribution in [3.8, 4) is 11.3 Å². The number of carbonyl (C=O) groups is 1. The summed E-state index contributed by atoms with van der Waals surface area (Å²) in [5.74, 6) is 0.0699. The third-order valence-electron chi connectivity index (χ3n) is 5.23. The normalized spacial score (nSPS) is 10.7. The Morgan fingerprint density at radius 3 is 2.30 bits per heavy atom. The molecule has 0 bridgehead atoms. The van der Waals surface area contributed by atoms with E-state index >= 15 is 0 Å². The van der Waals surface area contributed by atoms with Crippen molar-refractivity contribution in [1.82, 2.24) is 4.98 Å². The van der Waals surface area contributed by atoms with Gasteiger partial charge in [-0.15, -0.1) is 17.0 Å². The maximum Gasteiger partial charge on any atom is 0.287 e. The first-order valence-electron chi connectivity index (χ1n) is 9.63. The summed E-state index contributed by atoms with van der Waals surface area (Å²) in [5, 5.41) is 4.58. The summed E-state index contributed by atoms with van der Waals surface area (Å²) in [5.41, 5.74) is 2.71. The quantitative estimate of drug-likeness (QED) is 0.253. The molecule has 0 unspecified atom stereocenters. The van der Waals surface area contributed by atoms with Crippen LogP contribution in [-0.2, 0) is 6.54 Å². The molecule has 30 heavy (non-hydrogen) atoms. The van der Waals surface area contributed by atoms with Crippen molar-refractivity contribution >= 4 is 44.3 Å². The summed E-state index contributed by atoms with van der Waals surface area (Å²) >= 11 is 0. The zero-order valence-corrected chi connectivity index (χ0v) is 17.9. The summed E-state index contributed by atoms with van der Waals surface area (Å²) < 4.78 is 1.83. The summed E-state index contributed by atoms with van der Waals surface area (Å²) in [6.07, 6.45) is 3.65. The van der Waals surface area contributed by atoms with Gasteiger partial charge in [-0.2, -0.15) is 0 Å². The largest absolute Gasteiger partial charge is 0.290 e. The maximum absolute atomic E-state index is 12.7. The van der Waals surface area contributed by atoms with Gasteiger partial charge in [0.2, 0.25) is 5.78 Å². The van der Waals surface area contributed by atoms with E-state index in [1.54, 1.807) is 6.33 Å². The molecule has 0 amide bonds. The lowest BCUT2D eigenvalue weighted by atomic mass is 10.0. The smallest absolute Gasteiger partial charge is 0.287 e. The summed E-state index contributed by atoms with van der Waals surface area (Å²) in [4.78, 5) is 17.3. The molecule has 0 N–H and O–H groups in total. The molecular weight excluding hydrogens is 436 g/mol. The van der Waals surface area contributed by atoms with E-state index in [-0.39, 0.29) is 29.3 Å². The molecule has 3 nitrogen and oxygen atoms in total. The molecule has 0 atom stereocenters. The van der Waals surface area contributed by atoms with Crippen molar-refractivity contribution in [2.24, 2.45) is 0 Å². The van der Waals surface area contributed by atoms with Crippen LogP contribution < -0.4 is 4.57 Å². The first-order valence-corrected chi connectivity index (χ1v) is 9.63. The third kappa shape index (κ3) is 3.87. The van der Waals surface area contributed by atoms with Crippen molar-refractivity contribution < 1.29 is 9.36 Å². The Labute approximate surface area is 185 Å². The fourth-order valence-electron chi connectivity index (χ4n) is 3.71. The van der Waals surface area contributed by atoms with Crippen LogP contribution in [0, 0.1) is 0 Å². The van der Waals surface area contributed by atoms with Gasteiger partial charge in [0.15, 0.2) is 12.2 Å². The molecule has 0 spiro atoms. The van der Waals surface area contributed by atoms with E-state index in [0.29, 0.717) is 5.56 Å². The molecule has 0 aliphatic carbocycles. The average molecular weight is 456 g/mol. The van der Waals surface area contributed by atoms with Crippen LogP contribution in [0.3, 0.4) is 0 Å². The van der Waals surface area contributed by atoms with Crippen LogP contribution in [0.2, 0.25) is 0 Å². The fraction of sp³-hybridized carbons (Fsp3) is 0.0385. The molecule has 5 aromatic rings. The molecule has 0 aliphatic heterocycles. The molecule has 0 radical (unpaired) electrons. The van der Waals surface area contributed by atoms with Gasteiger partial charge in [-0.05, 0) is 38.7 Å². The lowest BCUT2D eigenvalue weighted by molar-refractivity contribution is -0.686. The molecule has 0 saturated carbocycles. The molecule has 4 aromatic carbocycles. The maximum atomic E-state index is 12.7. The lowest BCUT2D eigenvalue weighted by Gasteiger charge is -2.04. The minimum Gasteiger partial charge on any atom is -0.290 e. The Hall–Kier alpha value is -3.37. The lowest BCUT2D eigenvalue weighted by Crippen LogP contribution is -2.37. The Balaban J connectivity index is 0.00000218. The van der Waals surface area contributed by atoms with Crippen molar-refractivity contribution in [1.29, 1.82) is 0 Å². The monoisotopic (exact) mass is 455 g/mol. The minimum atomic E-state index is 0. The second kappa shape index (κ2) is 8.56. The highest BCUT2D eigenvalue weighted by molar-refractivity contribution is 8.93. The van der Waals surface area contributed by atoms with Crippen molar-refractivity contribution in [2.45, 2.75) is 6.54 Å². The van der Waals surface area contributed by atoms with Crippen LogP contribution in [0.15, 0.2) is 104 Å². The number of carbonyl (C=O) groups excluding carboxylic acids is 1. The van der Waals surface area contributed by atoms with Crippen LogP contribution in [-0.4, -0.2) is 10.8 Å². The number of hydrogen-bond donors (Lipinski definition) is 0.